The van der Waals surface area contributed by atoms with Crippen LogP contribution >= 0.6 is 11.8 Å². The number of hydrogen-bond acceptors (Lipinski definition) is 5. The molecule has 0 spiro atoms. The van der Waals surface area contributed by atoms with Gasteiger partial charge in [-0.25, -0.2) is 0 Å². The molecule has 1 aromatic heterocycles. The van der Waals surface area contributed by atoms with E-state index >= 15 is 0 Å². The molecule has 0 radical (unpaired) electrons. The Morgan fingerprint density at radius 3 is 2.55 bits per heavy atom. The molecule has 0 saturated heterocycles. The Morgan fingerprint density at radius 2 is 1.90 bits per heavy atom. The molecular formula is C22H24N4O2S. The lowest BCUT2D eigenvalue weighted by molar-refractivity contribution is -0.113. The van der Waals surface area contributed by atoms with Gasteiger partial charge in [-0.05, 0) is 50.2 Å². The summed E-state index contributed by atoms with van der Waals surface area (Å²) in [6.07, 6.45) is 1.79. The van der Waals surface area contributed by atoms with Crippen molar-refractivity contribution in [3.05, 3.63) is 66.7 Å². The number of ether oxygens (including phenoxy) is 1. The largest absolute Gasteiger partial charge is 0.494 e. The summed E-state index contributed by atoms with van der Waals surface area (Å²) in [6.45, 7) is 8.96. The molecule has 0 fully saturated rings. The number of benzene rings is 2. The summed E-state index contributed by atoms with van der Waals surface area (Å²) < 4.78 is 7.44. The number of anilines is 1. The summed E-state index contributed by atoms with van der Waals surface area (Å²) in [4.78, 5) is 12.3. The minimum Gasteiger partial charge on any atom is -0.494 e. The summed E-state index contributed by atoms with van der Waals surface area (Å²) in [5.74, 6) is 1.70. The van der Waals surface area contributed by atoms with Crippen molar-refractivity contribution in [2.24, 2.45) is 0 Å². The maximum atomic E-state index is 12.3. The van der Waals surface area contributed by atoms with Gasteiger partial charge in [0, 0.05) is 17.8 Å². The Bertz CT molecular complexity index is 965. The van der Waals surface area contributed by atoms with Gasteiger partial charge in [0.15, 0.2) is 11.0 Å². The van der Waals surface area contributed by atoms with Gasteiger partial charge in [-0.2, -0.15) is 0 Å². The van der Waals surface area contributed by atoms with Crippen molar-refractivity contribution >= 4 is 23.4 Å². The fraction of sp³-hybridized carbons (Fsp3) is 0.227. The number of thioether (sulfide) groups is 1. The van der Waals surface area contributed by atoms with Gasteiger partial charge in [-0.15, -0.1) is 16.8 Å². The molecule has 1 N–H and O–H groups in total. The third-order valence-electron chi connectivity index (χ3n) is 4.12. The molecule has 1 amide bonds. The van der Waals surface area contributed by atoms with Crippen molar-refractivity contribution in [2.75, 3.05) is 17.7 Å². The van der Waals surface area contributed by atoms with E-state index in [-0.39, 0.29) is 11.7 Å². The van der Waals surface area contributed by atoms with Crippen LogP contribution < -0.4 is 10.1 Å². The molecule has 0 unspecified atom stereocenters. The van der Waals surface area contributed by atoms with E-state index in [2.05, 4.69) is 22.1 Å². The van der Waals surface area contributed by atoms with E-state index in [0.29, 0.717) is 18.3 Å². The number of nitrogens with one attached hydrogen (secondary N) is 1. The highest BCUT2D eigenvalue weighted by Gasteiger charge is 2.15. The quantitative estimate of drug-likeness (QED) is 0.415. The van der Waals surface area contributed by atoms with E-state index < -0.39 is 0 Å². The first-order chi connectivity index (χ1) is 14.1. The first kappa shape index (κ1) is 20.7. The number of nitrogens with zero attached hydrogens (tertiary/aromatic N) is 3. The number of rotatable bonds is 9. The van der Waals surface area contributed by atoms with Crippen molar-refractivity contribution in [3.63, 3.8) is 0 Å². The smallest absolute Gasteiger partial charge is 0.234 e. The maximum Gasteiger partial charge on any atom is 0.234 e. The summed E-state index contributed by atoms with van der Waals surface area (Å²) in [5.41, 5.74) is 2.86. The van der Waals surface area contributed by atoms with Crippen LogP contribution in [0.2, 0.25) is 0 Å². The van der Waals surface area contributed by atoms with Crippen molar-refractivity contribution < 1.29 is 9.53 Å². The van der Waals surface area contributed by atoms with E-state index in [0.717, 1.165) is 28.4 Å². The molecule has 0 aliphatic carbocycles. The van der Waals surface area contributed by atoms with E-state index in [4.69, 9.17) is 4.74 Å². The van der Waals surface area contributed by atoms with Crippen LogP contribution in [0, 0.1) is 6.92 Å². The van der Waals surface area contributed by atoms with Crippen molar-refractivity contribution in [1.82, 2.24) is 14.8 Å². The lowest BCUT2D eigenvalue weighted by atomic mass is 10.2. The van der Waals surface area contributed by atoms with Crippen LogP contribution in [0.3, 0.4) is 0 Å². The number of hydrogen-bond donors (Lipinski definition) is 1. The van der Waals surface area contributed by atoms with Gasteiger partial charge in [-0.1, -0.05) is 35.5 Å². The molecule has 0 aliphatic rings. The molecule has 7 heteroatoms. The van der Waals surface area contributed by atoms with Crippen molar-refractivity contribution in [1.29, 1.82) is 0 Å². The van der Waals surface area contributed by atoms with E-state index in [1.165, 1.54) is 11.8 Å². The molecule has 0 bridgehead atoms. The predicted octanol–water partition coefficient (Wildman–Crippen LogP) is 4.57. The van der Waals surface area contributed by atoms with Crippen molar-refractivity contribution in [2.45, 2.75) is 25.5 Å². The summed E-state index contributed by atoms with van der Waals surface area (Å²) in [7, 11) is 0. The maximum absolute atomic E-state index is 12.3. The summed E-state index contributed by atoms with van der Waals surface area (Å²) >= 11 is 1.35. The Morgan fingerprint density at radius 1 is 1.17 bits per heavy atom. The molecule has 3 rings (SSSR count). The third kappa shape index (κ3) is 5.48. The standard InChI is InChI=1S/C22H24N4O2S/c1-4-14-26-21(17-8-12-19(13-9-17)28-5-2)24-25-22(26)29-15-20(27)23-18-10-6-16(3)7-11-18/h4,6-13H,1,5,14-15H2,2-3H3,(H,23,27). The van der Waals surface area contributed by atoms with Crippen LogP contribution in [0.15, 0.2) is 66.3 Å². The molecule has 3 aromatic rings. The number of carbonyl (C=O) groups excluding carboxylic acids is 1. The highest BCUT2D eigenvalue weighted by molar-refractivity contribution is 7.99. The minimum absolute atomic E-state index is 0.0883. The molecule has 0 aliphatic heterocycles. The molecule has 6 nitrogen and oxygen atoms in total. The lowest BCUT2D eigenvalue weighted by Gasteiger charge is -2.09. The SMILES string of the molecule is C=CCn1c(SCC(=O)Nc2ccc(C)cc2)nnc1-c1ccc(OCC)cc1. The zero-order valence-electron chi connectivity index (χ0n) is 16.6. The monoisotopic (exact) mass is 408 g/mol. The highest BCUT2D eigenvalue weighted by atomic mass is 32.2. The normalized spacial score (nSPS) is 10.6. The van der Waals surface area contributed by atoms with Gasteiger partial charge >= 0.3 is 0 Å². The van der Waals surface area contributed by atoms with Gasteiger partial charge in [0.05, 0.1) is 12.4 Å². The number of aryl methyl sites for hydroxylation is 1. The van der Waals surface area contributed by atoms with E-state index in [1.807, 2.05) is 66.9 Å². The van der Waals surface area contributed by atoms with Gasteiger partial charge < -0.3 is 10.1 Å². The first-order valence-electron chi connectivity index (χ1n) is 9.37. The molecule has 0 atom stereocenters. The fourth-order valence-corrected chi connectivity index (χ4v) is 3.48. The fourth-order valence-electron chi connectivity index (χ4n) is 2.73. The third-order valence-corrected chi connectivity index (χ3v) is 5.09. The summed E-state index contributed by atoms with van der Waals surface area (Å²) in [6, 6.07) is 15.4. The van der Waals surface area contributed by atoms with Crippen LogP contribution in [0.4, 0.5) is 5.69 Å². The van der Waals surface area contributed by atoms with Crippen LogP contribution in [0.1, 0.15) is 12.5 Å². The zero-order valence-corrected chi connectivity index (χ0v) is 17.4. The Hall–Kier alpha value is -3.06. The second kappa shape index (κ2) is 9.93. The molecule has 1 heterocycles. The van der Waals surface area contributed by atoms with Gasteiger partial charge in [0.2, 0.25) is 5.91 Å². The first-order valence-corrected chi connectivity index (χ1v) is 10.4. The Balaban J connectivity index is 1.70. The molecule has 0 saturated carbocycles. The van der Waals surface area contributed by atoms with Gasteiger partial charge in [0.1, 0.15) is 5.75 Å². The lowest BCUT2D eigenvalue weighted by Crippen LogP contribution is -2.14. The van der Waals surface area contributed by atoms with Gasteiger partial charge in [-0.3, -0.25) is 9.36 Å². The van der Waals surface area contributed by atoms with Crippen LogP contribution in [0.5, 0.6) is 5.75 Å². The Labute approximate surface area is 175 Å². The molecular weight excluding hydrogens is 384 g/mol. The minimum atomic E-state index is -0.0883. The number of carbonyl (C=O) groups is 1. The van der Waals surface area contributed by atoms with E-state index in [9.17, 15) is 4.79 Å². The van der Waals surface area contributed by atoms with Crippen LogP contribution in [-0.2, 0) is 11.3 Å². The van der Waals surface area contributed by atoms with E-state index in [1.54, 1.807) is 6.08 Å². The number of amides is 1. The highest BCUT2D eigenvalue weighted by Crippen LogP contribution is 2.26. The summed E-state index contributed by atoms with van der Waals surface area (Å²) in [5, 5.41) is 12.2. The zero-order chi connectivity index (χ0) is 20.6. The second-order valence-electron chi connectivity index (χ2n) is 6.37. The van der Waals surface area contributed by atoms with Crippen LogP contribution in [0.25, 0.3) is 11.4 Å². The molecule has 29 heavy (non-hydrogen) atoms. The number of allylic oxidation sites excluding steroid dienone is 1. The predicted molar refractivity (Wildman–Crippen MR) is 117 cm³/mol. The van der Waals surface area contributed by atoms with Gasteiger partial charge in [0.25, 0.3) is 0 Å². The second-order valence-corrected chi connectivity index (χ2v) is 7.31. The Kier molecular flexibility index (Phi) is 7.08. The molecule has 150 valence electrons. The average Bonchev–Trinajstić information content (AvgIpc) is 3.12. The topological polar surface area (TPSA) is 69.0 Å². The van der Waals surface area contributed by atoms with Crippen LogP contribution in [-0.4, -0.2) is 33.0 Å². The van der Waals surface area contributed by atoms with Crippen molar-refractivity contribution in [3.8, 4) is 17.1 Å². The number of aromatic nitrogens is 3. The molecule has 2 aromatic carbocycles. The average molecular weight is 409 g/mol.